The smallest absolute Gasteiger partial charge is 0.211 e. The number of sulfonamides is 1. The van der Waals surface area contributed by atoms with E-state index in [1.807, 2.05) is 0 Å². The predicted molar refractivity (Wildman–Crippen MR) is 113 cm³/mol. The van der Waals surface area contributed by atoms with Crippen molar-refractivity contribution in [1.82, 2.24) is 14.9 Å². The lowest BCUT2D eigenvalue weighted by Gasteiger charge is -2.34. The van der Waals surface area contributed by atoms with Crippen LogP contribution in [-0.2, 0) is 16.4 Å². The lowest BCUT2D eigenvalue weighted by Crippen LogP contribution is -2.46. The molecule has 0 aliphatic carbocycles. The van der Waals surface area contributed by atoms with E-state index in [0.29, 0.717) is 19.5 Å². The number of likely N-dealkylation sites (tertiary alicyclic amines) is 1. The van der Waals surface area contributed by atoms with Crippen LogP contribution in [0.15, 0.2) is 35.3 Å². The Kier molecular flexibility index (Phi) is 9.07. The number of rotatable bonds is 9. The van der Waals surface area contributed by atoms with Crippen LogP contribution < -0.4 is 10.0 Å². The molecule has 1 heterocycles. The third-order valence-electron chi connectivity index (χ3n) is 4.91. The molecule has 6 nitrogen and oxygen atoms in total. The van der Waals surface area contributed by atoms with Crippen LogP contribution in [0.25, 0.3) is 0 Å². The zero-order valence-corrected chi connectivity index (χ0v) is 17.5. The molecule has 0 amide bonds. The Morgan fingerprint density at radius 1 is 1.19 bits per heavy atom. The van der Waals surface area contributed by atoms with Gasteiger partial charge in [0.1, 0.15) is 0 Å². The molecule has 1 aromatic rings. The van der Waals surface area contributed by atoms with Crippen LogP contribution in [0.4, 0.5) is 0 Å². The van der Waals surface area contributed by atoms with Crippen LogP contribution in [0.1, 0.15) is 38.7 Å². The molecule has 1 fully saturated rings. The quantitative estimate of drug-likeness (QED) is 0.383. The van der Waals surface area contributed by atoms with Gasteiger partial charge in [-0.15, -0.1) is 0 Å². The Morgan fingerprint density at radius 2 is 1.89 bits per heavy atom. The van der Waals surface area contributed by atoms with Crippen LogP contribution in [0.2, 0.25) is 0 Å². The van der Waals surface area contributed by atoms with Gasteiger partial charge in [0, 0.05) is 32.7 Å². The van der Waals surface area contributed by atoms with Crippen molar-refractivity contribution in [2.24, 2.45) is 10.9 Å². The molecule has 1 saturated heterocycles. The van der Waals surface area contributed by atoms with Crippen molar-refractivity contribution < 1.29 is 8.42 Å². The number of hydrogen-bond donors (Lipinski definition) is 2. The normalized spacial score (nSPS) is 16.5. The van der Waals surface area contributed by atoms with Gasteiger partial charge in [0.05, 0.1) is 5.75 Å². The third kappa shape index (κ3) is 7.89. The molecule has 27 heavy (non-hydrogen) atoms. The second-order valence-electron chi connectivity index (χ2n) is 7.01. The van der Waals surface area contributed by atoms with E-state index < -0.39 is 10.0 Å². The van der Waals surface area contributed by atoms with Crippen LogP contribution in [-0.4, -0.2) is 57.8 Å². The molecule has 7 heteroatoms. The molecule has 0 bridgehead atoms. The van der Waals surface area contributed by atoms with Crippen LogP contribution in [0.3, 0.4) is 0 Å². The summed E-state index contributed by atoms with van der Waals surface area (Å²) in [6.07, 6.45) is 4.21. The average Bonchev–Trinajstić information content (AvgIpc) is 2.68. The molecule has 0 spiro atoms. The molecule has 0 unspecified atom stereocenters. The fraction of sp³-hybridized carbons (Fsp3) is 0.650. The van der Waals surface area contributed by atoms with Crippen molar-refractivity contribution in [3.63, 3.8) is 0 Å². The largest absolute Gasteiger partial charge is 0.357 e. The Balaban J connectivity index is 1.77. The van der Waals surface area contributed by atoms with Crippen molar-refractivity contribution in [2.75, 3.05) is 38.5 Å². The minimum atomic E-state index is -3.11. The van der Waals surface area contributed by atoms with Gasteiger partial charge in [0.15, 0.2) is 5.96 Å². The highest BCUT2D eigenvalue weighted by atomic mass is 32.2. The van der Waals surface area contributed by atoms with Crippen LogP contribution in [0, 0.1) is 5.92 Å². The SMILES string of the molecule is CCNC(=NCCCNS(=O)(=O)CC)N1CCC(Cc2ccccc2)CC1. The maximum absolute atomic E-state index is 11.4. The Bertz CT molecular complexity index is 668. The summed E-state index contributed by atoms with van der Waals surface area (Å²) in [5.74, 6) is 1.81. The zero-order valence-electron chi connectivity index (χ0n) is 16.7. The van der Waals surface area contributed by atoms with E-state index in [9.17, 15) is 8.42 Å². The maximum atomic E-state index is 11.4. The molecule has 1 aromatic carbocycles. The lowest BCUT2D eigenvalue weighted by atomic mass is 9.90. The summed E-state index contributed by atoms with van der Waals surface area (Å²) < 4.78 is 25.5. The van der Waals surface area contributed by atoms with E-state index >= 15 is 0 Å². The molecule has 1 aliphatic heterocycles. The number of nitrogens with one attached hydrogen (secondary N) is 2. The first kappa shape index (κ1) is 21.7. The summed E-state index contributed by atoms with van der Waals surface area (Å²) in [6.45, 7) is 7.66. The van der Waals surface area contributed by atoms with Gasteiger partial charge >= 0.3 is 0 Å². The number of nitrogens with zero attached hydrogens (tertiary/aromatic N) is 2. The number of aliphatic imine (C=N–C) groups is 1. The Labute approximate surface area is 164 Å². The first-order chi connectivity index (χ1) is 13.0. The maximum Gasteiger partial charge on any atom is 0.211 e. The van der Waals surface area contributed by atoms with Crippen molar-refractivity contribution in [3.8, 4) is 0 Å². The summed E-state index contributed by atoms with van der Waals surface area (Å²) in [4.78, 5) is 7.02. The van der Waals surface area contributed by atoms with Gasteiger partial charge in [-0.3, -0.25) is 4.99 Å². The first-order valence-corrected chi connectivity index (χ1v) is 11.7. The zero-order chi connectivity index (χ0) is 19.5. The van der Waals surface area contributed by atoms with Gasteiger partial charge in [-0.05, 0) is 51.0 Å². The number of benzene rings is 1. The minimum Gasteiger partial charge on any atom is -0.357 e. The molecule has 0 atom stereocenters. The number of hydrogen-bond acceptors (Lipinski definition) is 3. The number of guanidine groups is 1. The van der Waals surface area contributed by atoms with E-state index in [1.165, 1.54) is 18.4 Å². The standard InChI is InChI=1S/C20H34N4O2S/c1-3-21-20(22-13-8-14-23-27(25,26)4-2)24-15-11-19(12-16-24)17-18-9-6-5-7-10-18/h5-7,9-10,19,23H,3-4,8,11-17H2,1-2H3,(H,21,22). The van der Waals surface area contributed by atoms with E-state index in [4.69, 9.17) is 0 Å². The summed E-state index contributed by atoms with van der Waals surface area (Å²) in [5, 5.41) is 3.37. The topological polar surface area (TPSA) is 73.8 Å². The third-order valence-corrected chi connectivity index (χ3v) is 6.32. The Hall–Kier alpha value is -1.60. The summed E-state index contributed by atoms with van der Waals surface area (Å²) in [6, 6.07) is 10.7. The van der Waals surface area contributed by atoms with E-state index in [1.54, 1.807) is 6.92 Å². The molecule has 0 aromatic heterocycles. The van der Waals surface area contributed by atoms with E-state index in [0.717, 1.165) is 37.9 Å². The van der Waals surface area contributed by atoms with E-state index in [-0.39, 0.29) is 5.75 Å². The fourth-order valence-electron chi connectivity index (χ4n) is 3.32. The monoisotopic (exact) mass is 394 g/mol. The second kappa shape index (κ2) is 11.3. The van der Waals surface area contributed by atoms with Crippen molar-refractivity contribution in [3.05, 3.63) is 35.9 Å². The minimum absolute atomic E-state index is 0.122. The highest BCUT2D eigenvalue weighted by molar-refractivity contribution is 7.89. The highest BCUT2D eigenvalue weighted by Gasteiger charge is 2.21. The van der Waals surface area contributed by atoms with Gasteiger partial charge in [0.2, 0.25) is 10.0 Å². The van der Waals surface area contributed by atoms with Crippen LogP contribution >= 0.6 is 0 Å². The average molecular weight is 395 g/mol. The van der Waals surface area contributed by atoms with Gasteiger partial charge in [-0.25, -0.2) is 13.1 Å². The van der Waals surface area contributed by atoms with Gasteiger partial charge in [-0.1, -0.05) is 30.3 Å². The predicted octanol–water partition coefficient (Wildman–Crippen LogP) is 2.24. The molecule has 152 valence electrons. The summed E-state index contributed by atoms with van der Waals surface area (Å²) in [5.41, 5.74) is 1.42. The van der Waals surface area contributed by atoms with Gasteiger partial charge < -0.3 is 10.2 Å². The van der Waals surface area contributed by atoms with Crippen molar-refractivity contribution in [1.29, 1.82) is 0 Å². The van der Waals surface area contributed by atoms with Crippen LogP contribution in [0.5, 0.6) is 0 Å². The molecular weight excluding hydrogens is 360 g/mol. The highest BCUT2D eigenvalue weighted by Crippen LogP contribution is 2.21. The Morgan fingerprint density at radius 3 is 2.52 bits per heavy atom. The van der Waals surface area contributed by atoms with E-state index in [2.05, 4.69) is 57.2 Å². The van der Waals surface area contributed by atoms with Crippen molar-refractivity contribution >= 4 is 16.0 Å². The van der Waals surface area contributed by atoms with Crippen molar-refractivity contribution in [2.45, 2.75) is 39.5 Å². The summed E-state index contributed by atoms with van der Waals surface area (Å²) in [7, 11) is -3.11. The molecular formula is C20H34N4O2S. The van der Waals surface area contributed by atoms with Gasteiger partial charge in [0.25, 0.3) is 0 Å². The lowest BCUT2D eigenvalue weighted by molar-refractivity contribution is 0.259. The fourth-order valence-corrected chi connectivity index (χ4v) is 3.98. The van der Waals surface area contributed by atoms with Gasteiger partial charge in [-0.2, -0.15) is 0 Å². The summed E-state index contributed by atoms with van der Waals surface area (Å²) >= 11 is 0. The second-order valence-corrected chi connectivity index (χ2v) is 9.10. The molecule has 1 aliphatic rings. The number of piperidine rings is 1. The molecule has 0 saturated carbocycles. The first-order valence-electron chi connectivity index (χ1n) is 10.1. The molecule has 0 radical (unpaired) electrons. The molecule has 2 rings (SSSR count). The molecule has 2 N–H and O–H groups in total.